The quantitative estimate of drug-likeness (QED) is 0.706. The van der Waals surface area contributed by atoms with Gasteiger partial charge in [0.1, 0.15) is 13.1 Å². The SMILES string of the molecule is CCOC(=O)CN(CC(F)(F)F)C(=O)Cc1ccc(-n2cccc2)cc1. The second kappa shape index (κ2) is 8.55. The molecule has 2 aromatic rings. The van der Waals surface area contributed by atoms with Gasteiger partial charge in [0, 0.05) is 18.1 Å². The number of aromatic nitrogens is 1. The van der Waals surface area contributed by atoms with Crippen LogP contribution in [0.4, 0.5) is 13.2 Å². The number of hydrogen-bond donors (Lipinski definition) is 0. The molecule has 140 valence electrons. The van der Waals surface area contributed by atoms with E-state index in [-0.39, 0.29) is 13.0 Å². The van der Waals surface area contributed by atoms with Crippen molar-refractivity contribution in [2.45, 2.75) is 19.5 Å². The zero-order valence-electron chi connectivity index (χ0n) is 14.2. The summed E-state index contributed by atoms with van der Waals surface area (Å²) in [6.07, 6.45) is -1.13. The predicted octanol–water partition coefficient (Wildman–Crippen LogP) is 2.97. The first kappa shape index (κ1) is 19.6. The Balaban J connectivity index is 2.06. The van der Waals surface area contributed by atoms with Gasteiger partial charge in [-0.3, -0.25) is 9.59 Å². The zero-order valence-corrected chi connectivity index (χ0v) is 14.2. The maximum absolute atomic E-state index is 12.7. The van der Waals surface area contributed by atoms with Crippen molar-refractivity contribution in [3.8, 4) is 5.69 Å². The van der Waals surface area contributed by atoms with Crippen LogP contribution in [0.5, 0.6) is 0 Å². The van der Waals surface area contributed by atoms with Crippen molar-refractivity contribution < 1.29 is 27.5 Å². The van der Waals surface area contributed by atoms with Crippen molar-refractivity contribution in [3.63, 3.8) is 0 Å². The molecular weight excluding hydrogens is 349 g/mol. The molecule has 0 fully saturated rings. The van der Waals surface area contributed by atoms with Crippen molar-refractivity contribution in [1.29, 1.82) is 0 Å². The summed E-state index contributed by atoms with van der Waals surface area (Å²) >= 11 is 0. The lowest BCUT2D eigenvalue weighted by Crippen LogP contribution is -2.43. The van der Waals surface area contributed by atoms with E-state index in [4.69, 9.17) is 0 Å². The minimum Gasteiger partial charge on any atom is -0.465 e. The van der Waals surface area contributed by atoms with E-state index in [1.165, 1.54) is 0 Å². The van der Waals surface area contributed by atoms with E-state index in [1.54, 1.807) is 31.2 Å². The summed E-state index contributed by atoms with van der Waals surface area (Å²) in [4.78, 5) is 24.2. The molecule has 0 aliphatic carbocycles. The molecule has 0 N–H and O–H groups in total. The minimum absolute atomic E-state index is 0.0355. The Morgan fingerprint density at radius 3 is 2.27 bits per heavy atom. The Morgan fingerprint density at radius 1 is 1.12 bits per heavy atom. The molecule has 0 unspecified atom stereocenters. The summed E-state index contributed by atoms with van der Waals surface area (Å²) in [6, 6.07) is 10.6. The Hall–Kier alpha value is -2.77. The number of alkyl halides is 3. The van der Waals surface area contributed by atoms with Crippen LogP contribution in [0.2, 0.25) is 0 Å². The van der Waals surface area contributed by atoms with E-state index in [0.29, 0.717) is 10.5 Å². The third kappa shape index (κ3) is 5.94. The van der Waals surface area contributed by atoms with Crippen molar-refractivity contribution in [2.24, 2.45) is 0 Å². The highest BCUT2D eigenvalue weighted by Crippen LogP contribution is 2.18. The second-order valence-corrected chi connectivity index (χ2v) is 5.60. The molecule has 5 nitrogen and oxygen atoms in total. The monoisotopic (exact) mass is 368 g/mol. The third-order valence-corrected chi connectivity index (χ3v) is 3.54. The van der Waals surface area contributed by atoms with E-state index in [2.05, 4.69) is 4.74 Å². The molecule has 0 bridgehead atoms. The number of amides is 1. The molecule has 0 aliphatic heterocycles. The van der Waals surface area contributed by atoms with Crippen LogP contribution < -0.4 is 0 Å². The van der Waals surface area contributed by atoms with Crippen LogP contribution in [0.3, 0.4) is 0 Å². The van der Waals surface area contributed by atoms with Crippen LogP contribution in [0, 0.1) is 0 Å². The molecule has 0 atom stereocenters. The fourth-order valence-corrected chi connectivity index (χ4v) is 2.39. The fraction of sp³-hybridized carbons (Fsp3) is 0.333. The van der Waals surface area contributed by atoms with Crippen LogP contribution in [0.15, 0.2) is 48.8 Å². The summed E-state index contributed by atoms with van der Waals surface area (Å²) in [7, 11) is 0. The van der Waals surface area contributed by atoms with Gasteiger partial charge in [0.05, 0.1) is 13.0 Å². The van der Waals surface area contributed by atoms with E-state index < -0.39 is 31.1 Å². The number of rotatable bonds is 7. The molecule has 1 aromatic heterocycles. The van der Waals surface area contributed by atoms with Gasteiger partial charge in [-0.1, -0.05) is 12.1 Å². The Labute approximate surface area is 149 Å². The molecule has 1 heterocycles. The molecular formula is C18H19F3N2O3. The van der Waals surface area contributed by atoms with Crippen molar-refractivity contribution in [3.05, 3.63) is 54.4 Å². The highest BCUT2D eigenvalue weighted by atomic mass is 19.4. The molecule has 0 saturated heterocycles. The zero-order chi connectivity index (χ0) is 19.2. The third-order valence-electron chi connectivity index (χ3n) is 3.54. The number of carbonyl (C=O) groups is 2. The summed E-state index contributed by atoms with van der Waals surface area (Å²) in [5.41, 5.74) is 1.42. The van der Waals surface area contributed by atoms with E-state index in [9.17, 15) is 22.8 Å². The van der Waals surface area contributed by atoms with Gasteiger partial charge >= 0.3 is 12.1 Å². The van der Waals surface area contributed by atoms with E-state index in [0.717, 1.165) is 5.69 Å². The molecule has 8 heteroatoms. The van der Waals surface area contributed by atoms with Gasteiger partial charge in [0.15, 0.2) is 0 Å². The number of esters is 1. The lowest BCUT2D eigenvalue weighted by atomic mass is 10.1. The average molecular weight is 368 g/mol. The van der Waals surface area contributed by atoms with Crippen LogP contribution in [0.25, 0.3) is 5.69 Å². The van der Waals surface area contributed by atoms with E-state index >= 15 is 0 Å². The van der Waals surface area contributed by atoms with Gasteiger partial charge in [-0.2, -0.15) is 13.2 Å². The Kier molecular flexibility index (Phi) is 6.43. The van der Waals surface area contributed by atoms with Crippen molar-refractivity contribution in [2.75, 3.05) is 19.7 Å². The van der Waals surface area contributed by atoms with Crippen molar-refractivity contribution >= 4 is 11.9 Å². The summed E-state index contributed by atoms with van der Waals surface area (Å²) in [5.74, 6) is -1.66. The summed E-state index contributed by atoms with van der Waals surface area (Å²) in [5, 5.41) is 0. The predicted molar refractivity (Wildman–Crippen MR) is 88.7 cm³/mol. The lowest BCUT2D eigenvalue weighted by molar-refractivity contribution is -0.167. The van der Waals surface area contributed by atoms with Gasteiger partial charge in [-0.05, 0) is 36.8 Å². The van der Waals surface area contributed by atoms with Gasteiger partial charge in [-0.15, -0.1) is 0 Å². The maximum atomic E-state index is 12.7. The Morgan fingerprint density at radius 2 is 1.73 bits per heavy atom. The second-order valence-electron chi connectivity index (χ2n) is 5.60. The molecule has 0 saturated carbocycles. The summed E-state index contributed by atoms with van der Waals surface area (Å²) < 4.78 is 44.6. The number of hydrogen-bond acceptors (Lipinski definition) is 3. The number of ether oxygens (including phenoxy) is 1. The van der Waals surface area contributed by atoms with Crippen LogP contribution >= 0.6 is 0 Å². The maximum Gasteiger partial charge on any atom is 0.406 e. The molecule has 0 spiro atoms. The first-order valence-corrected chi connectivity index (χ1v) is 8.01. The summed E-state index contributed by atoms with van der Waals surface area (Å²) in [6.45, 7) is -0.645. The van der Waals surface area contributed by atoms with Gasteiger partial charge in [0.2, 0.25) is 5.91 Å². The molecule has 2 rings (SSSR count). The molecule has 1 amide bonds. The topological polar surface area (TPSA) is 51.5 Å². The highest BCUT2D eigenvalue weighted by Gasteiger charge is 2.34. The van der Waals surface area contributed by atoms with Crippen LogP contribution in [-0.2, 0) is 20.7 Å². The molecule has 0 radical (unpaired) electrons. The number of carbonyl (C=O) groups excluding carboxylic acids is 2. The fourth-order valence-electron chi connectivity index (χ4n) is 2.39. The number of nitrogens with zero attached hydrogens (tertiary/aromatic N) is 2. The lowest BCUT2D eigenvalue weighted by Gasteiger charge is -2.23. The standard InChI is InChI=1S/C18H19F3N2O3/c1-2-26-17(25)12-23(13-18(19,20)21)16(24)11-14-5-7-15(8-6-14)22-9-3-4-10-22/h3-10H,2,11-13H2,1H3. The largest absolute Gasteiger partial charge is 0.465 e. The smallest absolute Gasteiger partial charge is 0.406 e. The van der Waals surface area contributed by atoms with Crippen molar-refractivity contribution in [1.82, 2.24) is 9.47 Å². The van der Waals surface area contributed by atoms with Crippen LogP contribution in [-0.4, -0.2) is 47.2 Å². The van der Waals surface area contributed by atoms with Crippen LogP contribution in [0.1, 0.15) is 12.5 Å². The van der Waals surface area contributed by atoms with E-state index in [1.807, 2.05) is 29.1 Å². The Bertz CT molecular complexity index is 725. The van der Waals surface area contributed by atoms with Gasteiger partial charge < -0.3 is 14.2 Å². The molecule has 26 heavy (non-hydrogen) atoms. The minimum atomic E-state index is -4.60. The molecule has 1 aromatic carbocycles. The molecule has 0 aliphatic rings. The normalized spacial score (nSPS) is 11.2. The first-order chi connectivity index (χ1) is 12.3. The number of benzene rings is 1. The highest BCUT2D eigenvalue weighted by molar-refractivity contribution is 5.83. The van der Waals surface area contributed by atoms with Gasteiger partial charge in [0.25, 0.3) is 0 Å². The first-order valence-electron chi connectivity index (χ1n) is 8.01. The van der Waals surface area contributed by atoms with Gasteiger partial charge in [-0.25, -0.2) is 0 Å². The number of halogens is 3. The average Bonchev–Trinajstić information content (AvgIpc) is 3.08.